The van der Waals surface area contributed by atoms with Crippen molar-refractivity contribution in [2.45, 2.75) is 38.6 Å². The van der Waals surface area contributed by atoms with Crippen molar-refractivity contribution in [3.63, 3.8) is 0 Å². The molecule has 2 aromatic rings. The van der Waals surface area contributed by atoms with E-state index in [1.165, 1.54) is 48.1 Å². The van der Waals surface area contributed by atoms with E-state index in [0.29, 0.717) is 18.6 Å². The van der Waals surface area contributed by atoms with Crippen LogP contribution in [-0.2, 0) is 6.42 Å². The second-order valence-corrected chi connectivity index (χ2v) is 7.00. The Bertz CT molecular complexity index is 662. The molecular formula is C19H26N2O. The van der Waals surface area contributed by atoms with Gasteiger partial charge in [-0.1, -0.05) is 31.5 Å². The van der Waals surface area contributed by atoms with Crippen LogP contribution in [-0.4, -0.2) is 34.7 Å². The molecule has 0 amide bonds. The smallest absolute Gasteiger partial charge is 0.0504 e. The minimum absolute atomic E-state index is 0.327. The van der Waals surface area contributed by atoms with Crippen LogP contribution < -0.4 is 0 Å². The van der Waals surface area contributed by atoms with Crippen molar-refractivity contribution in [3.05, 3.63) is 35.5 Å². The summed E-state index contributed by atoms with van der Waals surface area (Å²) in [7, 11) is 0. The van der Waals surface area contributed by atoms with Crippen LogP contribution in [0.5, 0.6) is 0 Å². The van der Waals surface area contributed by atoms with Crippen LogP contribution >= 0.6 is 0 Å². The normalized spacial score (nSPS) is 28.5. The Morgan fingerprint density at radius 1 is 1.27 bits per heavy atom. The zero-order valence-electron chi connectivity index (χ0n) is 13.4. The third-order valence-electron chi connectivity index (χ3n) is 5.96. The molecule has 4 rings (SSSR count). The number of benzene rings is 1. The van der Waals surface area contributed by atoms with Crippen LogP contribution in [0.15, 0.2) is 24.3 Å². The zero-order chi connectivity index (χ0) is 15.1. The van der Waals surface area contributed by atoms with Gasteiger partial charge in [0.25, 0.3) is 0 Å². The van der Waals surface area contributed by atoms with E-state index in [2.05, 4.69) is 41.1 Å². The summed E-state index contributed by atoms with van der Waals surface area (Å²) < 4.78 is 0. The molecule has 0 unspecified atom stereocenters. The number of rotatable bonds is 3. The molecule has 2 N–H and O–H groups in total. The first-order chi connectivity index (χ1) is 10.8. The molecule has 22 heavy (non-hydrogen) atoms. The number of aromatic nitrogens is 1. The minimum Gasteiger partial charge on any atom is -0.396 e. The van der Waals surface area contributed by atoms with Crippen LogP contribution in [0.25, 0.3) is 10.9 Å². The molecule has 118 valence electrons. The molecule has 2 aliphatic heterocycles. The van der Waals surface area contributed by atoms with Gasteiger partial charge in [0.1, 0.15) is 0 Å². The van der Waals surface area contributed by atoms with E-state index >= 15 is 0 Å². The monoisotopic (exact) mass is 298 g/mol. The van der Waals surface area contributed by atoms with Gasteiger partial charge in [0, 0.05) is 36.3 Å². The SMILES string of the molecule is CC[C@H]1CN2CCc3c([nH]c4ccccc34)[C@@H]2C[C@@H]1CCO. The number of aromatic amines is 1. The van der Waals surface area contributed by atoms with Crippen LogP contribution in [0.4, 0.5) is 0 Å². The molecule has 2 aliphatic rings. The van der Waals surface area contributed by atoms with E-state index in [1.54, 1.807) is 0 Å². The van der Waals surface area contributed by atoms with Gasteiger partial charge in [0.2, 0.25) is 0 Å². The fraction of sp³-hybridized carbons (Fsp3) is 0.579. The molecule has 0 radical (unpaired) electrons. The van der Waals surface area contributed by atoms with Crippen LogP contribution in [0, 0.1) is 11.8 Å². The minimum atomic E-state index is 0.327. The molecular weight excluding hydrogens is 272 g/mol. The van der Waals surface area contributed by atoms with E-state index in [-0.39, 0.29) is 0 Å². The molecule has 1 fully saturated rings. The molecule has 1 aromatic carbocycles. The molecule has 0 bridgehead atoms. The fourth-order valence-electron chi connectivity index (χ4n) is 4.77. The van der Waals surface area contributed by atoms with Crippen molar-refractivity contribution >= 4 is 10.9 Å². The Balaban J connectivity index is 1.71. The van der Waals surface area contributed by atoms with Gasteiger partial charge >= 0.3 is 0 Å². The first-order valence-electron chi connectivity index (χ1n) is 8.76. The third kappa shape index (κ3) is 2.19. The van der Waals surface area contributed by atoms with E-state index in [4.69, 9.17) is 0 Å². The molecule has 3 heterocycles. The lowest BCUT2D eigenvalue weighted by Crippen LogP contribution is -2.46. The Labute approximate surface area is 132 Å². The lowest BCUT2D eigenvalue weighted by Gasteiger charge is -2.46. The van der Waals surface area contributed by atoms with Crippen molar-refractivity contribution in [2.75, 3.05) is 19.7 Å². The topological polar surface area (TPSA) is 39.3 Å². The number of aliphatic hydroxyl groups is 1. The predicted molar refractivity (Wildman–Crippen MR) is 89.9 cm³/mol. The summed E-state index contributed by atoms with van der Waals surface area (Å²) in [5.74, 6) is 1.41. The van der Waals surface area contributed by atoms with E-state index in [0.717, 1.165) is 18.8 Å². The van der Waals surface area contributed by atoms with Gasteiger partial charge in [0.05, 0.1) is 6.04 Å². The van der Waals surface area contributed by atoms with Crippen molar-refractivity contribution in [2.24, 2.45) is 11.8 Å². The van der Waals surface area contributed by atoms with E-state index in [1.807, 2.05) is 0 Å². The first-order valence-corrected chi connectivity index (χ1v) is 8.76. The molecule has 3 nitrogen and oxygen atoms in total. The number of H-pyrrole nitrogens is 1. The molecule has 3 atom stereocenters. The summed E-state index contributed by atoms with van der Waals surface area (Å²) in [5.41, 5.74) is 4.27. The lowest BCUT2D eigenvalue weighted by atomic mass is 9.76. The van der Waals surface area contributed by atoms with E-state index < -0.39 is 0 Å². The number of hydrogen-bond donors (Lipinski definition) is 2. The standard InChI is InChI=1S/C19H26N2O/c1-2-13-12-21-9-7-16-15-5-3-4-6-17(15)20-19(16)18(21)11-14(13)8-10-22/h3-6,13-14,18,20,22H,2,7-12H2,1H3/t13-,14-,18-/m0/s1. The van der Waals surface area contributed by atoms with Gasteiger partial charge < -0.3 is 10.1 Å². The van der Waals surface area contributed by atoms with E-state index in [9.17, 15) is 5.11 Å². The number of aliphatic hydroxyl groups excluding tert-OH is 1. The van der Waals surface area contributed by atoms with Crippen molar-refractivity contribution in [1.82, 2.24) is 9.88 Å². The number of nitrogens with zero attached hydrogens (tertiary/aromatic N) is 1. The van der Waals surface area contributed by atoms with Gasteiger partial charge in [-0.25, -0.2) is 0 Å². The number of nitrogens with one attached hydrogen (secondary N) is 1. The molecule has 0 spiro atoms. The third-order valence-corrected chi connectivity index (χ3v) is 5.96. The van der Waals surface area contributed by atoms with Crippen LogP contribution in [0.3, 0.4) is 0 Å². The molecule has 1 saturated heterocycles. The Kier molecular flexibility index (Phi) is 3.71. The van der Waals surface area contributed by atoms with Crippen molar-refractivity contribution < 1.29 is 5.11 Å². The first kappa shape index (κ1) is 14.3. The van der Waals surface area contributed by atoms with Gasteiger partial charge in [-0.2, -0.15) is 0 Å². The highest BCUT2D eigenvalue weighted by molar-refractivity contribution is 5.85. The summed E-state index contributed by atoms with van der Waals surface area (Å²) >= 11 is 0. The van der Waals surface area contributed by atoms with Crippen molar-refractivity contribution in [1.29, 1.82) is 0 Å². The summed E-state index contributed by atoms with van der Waals surface area (Å²) in [6.45, 7) is 5.00. The number of piperidine rings is 1. The highest BCUT2D eigenvalue weighted by Crippen LogP contribution is 2.44. The zero-order valence-corrected chi connectivity index (χ0v) is 13.4. The summed E-state index contributed by atoms with van der Waals surface area (Å²) in [4.78, 5) is 6.39. The molecule has 0 saturated carbocycles. The Morgan fingerprint density at radius 2 is 2.14 bits per heavy atom. The Hall–Kier alpha value is -1.32. The van der Waals surface area contributed by atoms with Gasteiger partial charge in [0.15, 0.2) is 0 Å². The second-order valence-electron chi connectivity index (χ2n) is 7.00. The van der Waals surface area contributed by atoms with Gasteiger partial charge in [-0.05, 0) is 42.7 Å². The quantitative estimate of drug-likeness (QED) is 0.910. The maximum Gasteiger partial charge on any atom is 0.0504 e. The Morgan fingerprint density at radius 3 is 2.95 bits per heavy atom. The number of para-hydroxylation sites is 1. The summed E-state index contributed by atoms with van der Waals surface area (Å²) in [5, 5.41) is 10.8. The highest BCUT2D eigenvalue weighted by Gasteiger charge is 2.39. The molecule has 0 aliphatic carbocycles. The number of hydrogen-bond acceptors (Lipinski definition) is 2. The second kappa shape index (κ2) is 5.71. The predicted octanol–water partition coefficient (Wildman–Crippen LogP) is 3.50. The average Bonchev–Trinajstić information content (AvgIpc) is 2.93. The number of fused-ring (bicyclic) bond motifs is 5. The lowest BCUT2D eigenvalue weighted by molar-refractivity contribution is 0.0396. The van der Waals surface area contributed by atoms with Crippen LogP contribution in [0.2, 0.25) is 0 Å². The maximum atomic E-state index is 9.42. The summed E-state index contributed by atoms with van der Waals surface area (Å²) in [6.07, 6.45) is 4.54. The molecule has 1 aromatic heterocycles. The maximum absolute atomic E-state index is 9.42. The van der Waals surface area contributed by atoms with Gasteiger partial charge in [-0.15, -0.1) is 0 Å². The average molecular weight is 298 g/mol. The largest absolute Gasteiger partial charge is 0.396 e. The van der Waals surface area contributed by atoms with Gasteiger partial charge in [-0.3, -0.25) is 4.90 Å². The fourth-order valence-corrected chi connectivity index (χ4v) is 4.77. The van der Waals surface area contributed by atoms with Crippen LogP contribution in [0.1, 0.15) is 43.5 Å². The van der Waals surface area contributed by atoms with Crippen molar-refractivity contribution in [3.8, 4) is 0 Å². The summed E-state index contributed by atoms with van der Waals surface area (Å²) in [6, 6.07) is 9.23. The molecule has 3 heteroatoms. The highest BCUT2D eigenvalue weighted by atomic mass is 16.3.